The van der Waals surface area contributed by atoms with E-state index >= 15 is 0 Å². The van der Waals surface area contributed by atoms with E-state index < -0.39 is 10.8 Å². The fraction of sp³-hybridized carbons (Fsp3) is 0.149. The number of rotatable bonds is 14. The van der Waals surface area contributed by atoms with Gasteiger partial charge in [0.2, 0.25) is 0 Å². The molecule has 13 aromatic rings. The van der Waals surface area contributed by atoms with Crippen LogP contribution in [-0.4, -0.2) is 0 Å². The van der Waals surface area contributed by atoms with Gasteiger partial charge in [-0.15, -0.1) is 0 Å². The zero-order chi connectivity index (χ0) is 70.6. The van der Waals surface area contributed by atoms with Crippen LogP contribution in [-0.2, 0) is 27.1 Å². The van der Waals surface area contributed by atoms with Crippen LogP contribution in [0.3, 0.4) is 0 Å². The number of nitrogens with zero attached hydrogens (tertiary/aromatic N) is 2. The number of anilines is 5. The van der Waals surface area contributed by atoms with E-state index in [4.69, 9.17) is 0 Å². The summed E-state index contributed by atoms with van der Waals surface area (Å²) in [5.41, 5.74) is 32.4. The third kappa shape index (κ3) is 10.6. The highest BCUT2D eigenvalue weighted by atomic mass is 15.2. The topological polar surface area (TPSA) is 6.48 Å². The van der Waals surface area contributed by atoms with Crippen LogP contribution in [0.2, 0.25) is 0 Å². The monoisotopic (exact) mass is 1330 g/mol. The highest BCUT2D eigenvalue weighted by Gasteiger charge is 2.50. The molecule has 4 aliphatic carbocycles. The van der Waals surface area contributed by atoms with Gasteiger partial charge in [0.25, 0.3) is 0 Å². The van der Waals surface area contributed by atoms with Gasteiger partial charge >= 0.3 is 0 Å². The fourth-order valence-electron chi connectivity index (χ4n) is 17.8. The Morgan fingerprint density at radius 3 is 1.11 bits per heavy atom. The van der Waals surface area contributed by atoms with Crippen LogP contribution < -0.4 is 9.80 Å². The van der Waals surface area contributed by atoms with Crippen LogP contribution in [0.4, 0.5) is 28.4 Å². The van der Waals surface area contributed by atoms with Crippen molar-refractivity contribution in [2.24, 2.45) is 5.92 Å². The summed E-state index contributed by atoms with van der Waals surface area (Å²) in [4.78, 5) is 5.05. The lowest BCUT2D eigenvalue weighted by Gasteiger charge is -2.37. The molecule has 500 valence electrons. The molecule has 0 aliphatic heterocycles. The van der Waals surface area contributed by atoms with E-state index in [0.717, 1.165) is 45.3 Å². The van der Waals surface area contributed by atoms with Crippen molar-refractivity contribution >= 4 is 40.6 Å². The standard InChI is InChI=1S/C101H86N2/c1-11-67-31-39-75(40-32-67)100(77-47-43-73(44-48-77)97(3,4)5)91-29-21-19-27-85(91)89-61-57-83(65-95(89)100)102(79-51-35-71(36-52-79)69-23-15-13-16-24-69)81-55-59-87-88-60-56-82(64-94(88)99(9,10)93(87)63-81)103(80-53-37-72(38-54-80)70-25-17-14-18-26-70)84-58-62-90-86-28-20-22-30-92(86)101(96(90)66-84,76-41-33-68(12-2)34-42-76)78-49-45-74(46-50-78)98(6,7)8/h11-66,87,93H,1-2H2,3-10H3. The summed E-state index contributed by atoms with van der Waals surface area (Å²) in [5, 5.41) is 0. The molecule has 0 aromatic heterocycles. The third-order valence-electron chi connectivity index (χ3n) is 23.2. The van der Waals surface area contributed by atoms with Crippen molar-refractivity contribution in [2.45, 2.75) is 88.4 Å². The minimum Gasteiger partial charge on any atom is -0.311 e. The second kappa shape index (κ2) is 24.9. The Labute approximate surface area is 609 Å². The second-order valence-corrected chi connectivity index (χ2v) is 31.3. The Morgan fingerprint density at radius 2 is 0.680 bits per heavy atom. The summed E-state index contributed by atoms with van der Waals surface area (Å²) in [6, 6.07) is 117. The molecule has 0 amide bonds. The maximum Gasteiger partial charge on any atom is 0.0714 e. The molecular weight excluding hydrogens is 1240 g/mol. The van der Waals surface area contributed by atoms with Gasteiger partial charge in [0.05, 0.1) is 10.8 Å². The van der Waals surface area contributed by atoms with Gasteiger partial charge in [0, 0.05) is 40.1 Å². The summed E-state index contributed by atoms with van der Waals surface area (Å²) in [6.07, 6.45) is 11.4. The quantitative estimate of drug-likeness (QED) is 0.107. The molecule has 2 heteroatoms. The lowest BCUT2D eigenvalue weighted by Crippen LogP contribution is -2.30. The Kier molecular flexibility index (Phi) is 15.7. The highest BCUT2D eigenvalue weighted by molar-refractivity contribution is 5.92. The molecule has 0 spiro atoms. The SMILES string of the molecule is C=Cc1ccc(C2(c3ccc(C(C)(C)C)cc3)c3ccccc3-c3ccc(N(C4=CC5C(C=C4)c4ccc(N(c6ccc(-c7ccccc7)cc6)c6ccc7c(c6)C(c6ccc(C=C)cc6)(c6ccc(C(C)(C)C)cc6)c6ccccc6-7)cc4C5(C)C)c4ccc(-c5ccccc5)cc4)cc32)cc1. The van der Waals surface area contributed by atoms with E-state index in [1.54, 1.807) is 0 Å². The van der Waals surface area contributed by atoms with Crippen LogP contribution in [0, 0.1) is 5.92 Å². The molecule has 0 saturated carbocycles. The molecule has 13 aromatic carbocycles. The summed E-state index contributed by atoms with van der Waals surface area (Å²) < 4.78 is 0. The smallest absolute Gasteiger partial charge is 0.0714 e. The van der Waals surface area contributed by atoms with Crippen molar-refractivity contribution in [3.05, 3.63) is 424 Å². The minimum atomic E-state index is -0.630. The number of hydrogen-bond acceptors (Lipinski definition) is 2. The van der Waals surface area contributed by atoms with Gasteiger partial charge < -0.3 is 9.80 Å². The first-order valence-electron chi connectivity index (χ1n) is 36.6. The Morgan fingerprint density at radius 1 is 0.330 bits per heavy atom. The number of benzene rings is 13. The molecule has 103 heavy (non-hydrogen) atoms. The molecule has 0 fully saturated rings. The second-order valence-electron chi connectivity index (χ2n) is 31.3. The first-order chi connectivity index (χ1) is 50.0. The van der Waals surface area contributed by atoms with Crippen LogP contribution in [0.1, 0.15) is 139 Å². The van der Waals surface area contributed by atoms with E-state index in [1.807, 2.05) is 12.2 Å². The molecule has 0 heterocycles. The van der Waals surface area contributed by atoms with E-state index in [0.29, 0.717) is 0 Å². The van der Waals surface area contributed by atoms with Gasteiger partial charge in [-0.1, -0.05) is 342 Å². The molecule has 17 rings (SSSR count). The van der Waals surface area contributed by atoms with E-state index in [9.17, 15) is 0 Å². The molecule has 2 nitrogen and oxygen atoms in total. The lowest BCUT2D eigenvalue weighted by molar-refractivity contribution is 0.392. The largest absolute Gasteiger partial charge is 0.311 e. The zero-order valence-electron chi connectivity index (χ0n) is 60.3. The zero-order valence-corrected chi connectivity index (χ0v) is 60.3. The van der Waals surface area contributed by atoms with Gasteiger partial charge in [0.15, 0.2) is 0 Å². The first kappa shape index (κ1) is 64.8. The van der Waals surface area contributed by atoms with Gasteiger partial charge in [0.1, 0.15) is 0 Å². The fourth-order valence-corrected chi connectivity index (χ4v) is 17.8. The van der Waals surface area contributed by atoms with Crippen LogP contribution in [0.15, 0.2) is 346 Å². The molecular formula is C101H86N2. The first-order valence-corrected chi connectivity index (χ1v) is 36.6. The maximum atomic E-state index is 4.17. The van der Waals surface area contributed by atoms with E-state index in [2.05, 4.69) is 406 Å². The van der Waals surface area contributed by atoms with Crippen LogP contribution in [0.25, 0.3) is 56.7 Å². The Bertz CT molecular complexity index is 5490. The summed E-state index contributed by atoms with van der Waals surface area (Å²) >= 11 is 0. The summed E-state index contributed by atoms with van der Waals surface area (Å²) in [7, 11) is 0. The highest BCUT2D eigenvalue weighted by Crippen LogP contribution is 2.61. The normalized spacial score (nSPS) is 18.0. The molecule has 0 radical (unpaired) electrons. The average Bonchev–Trinajstić information content (AvgIpc) is 1.55. The molecule has 0 N–H and O–H groups in total. The van der Waals surface area contributed by atoms with Crippen molar-refractivity contribution in [2.75, 3.05) is 9.80 Å². The van der Waals surface area contributed by atoms with Crippen LogP contribution >= 0.6 is 0 Å². The van der Waals surface area contributed by atoms with E-state index in [-0.39, 0.29) is 28.1 Å². The Balaban J connectivity index is 0.816. The molecule has 4 unspecified atom stereocenters. The number of allylic oxidation sites excluding steroid dienone is 3. The number of hydrogen-bond donors (Lipinski definition) is 0. The van der Waals surface area contributed by atoms with Crippen molar-refractivity contribution < 1.29 is 0 Å². The minimum absolute atomic E-state index is 0.00750. The number of fused-ring (bicyclic) bond motifs is 9. The van der Waals surface area contributed by atoms with Crippen molar-refractivity contribution in [3.63, 3.8) is 0 Å². The van der Waals surface area contributed by atoms with Gasteiger partial charge in [-0.05, 0) is 211 Å². The third-order valence-corrected chi connectivity index (χ3v) is 23.2. The predicted molar refractivity (Wildman–Crippen MR) is 436 cm³/mol. The summed E-state index contributed by atoms with van der Waals surface area (Å²) in [5.74, 6) is 0.276. The summed E-state index contributed by atoms with van der Waals surface area (Å²) in [6.45, 7) is 27.1. The molecule has 4 aliphatic rings. The lowest BCUT2D eigenvalue weighted by atomic mass is 9.67. The molecule has 4 atom stereocenters. The van der Waals surface area contributed by atoms with Crippen LogP contribution in [0.5, 0.6) is 0 Å². The Hall–Kier alpha value is -11.6. The van der Waals surface area contributed by atoms with Gasteiger partial charge in [-0.25, -0.2) is 0 Å². The van der Waals surface area contributed by atoms with E-state index in [1.165, 1.54) is 111 Å². The van der Waals surface area contributed by atoms with Crippen molar-refractivity contribution in [3.8, 4) is 44.5 Å². The molecule has 0 bridgehead atoms. The maximum absolute atomic E-state index is 4.17. The molecule has 0 saturated heterocycles. The van der Waals surface area contributed by atoms with Crippen molar-refractivity contribution in [1.29, 1.82) is 0 Å². The average molecular weight is 1330 g/mol. The van der Waals surface area contributed by atoms with Gasteiger partial charge in [-0.2, -0.15) is 0 Å². The van der Waals surface area contributed by atoms with Crippen molar-refractivity contribution in [1.82, 2.24) is 0 Å². The predicted octanol–water partition coefficient (Wildman–Crippen LogP) is 26.4. The van der Waals surface area contributed by atoms with Gasteiger partial charge in [-0.3, -0.25) is 0 Å².